The fourth-order valence-electron chi connectivity index (χ4n) is 6.13. The van der Waals surface area contributed by atoms with Gasteiger partial charge in [-0.1, -0.05) is 6.07 Å². The van der Waals surface area contributed by atoms with Gasteiger partial charge in [-0.3, -0.25) is 14.7 Å². The topological polar surface area (TPSA) is 59.1 Å². The van der Waals surface area contributed by atoms with E-state index in [1.54, 1.807) is 0 Å². The predicted molar refractivity (Wildman–Crippen MR) is 140 cm³/mol. The van der Waals surface area contributed by atoms with Crippen LogP contribution < -0.4 is 15.5 Å². The number of rotatable bonds is 8. The average Bonchev–Trinajstić information content (AvgIpc) is 2.90. The summed E-state index contributed by atoms with van der Waals surface area (Å²) >= 11 is 5.55. The van der Waals surface area contributed by atoms with Crippen LogP contribution in [0.15, 0.2) is 24.4 Å². The van der Waals surface area contributed by atoms with Crippen molar-refractivity contribution in [2.75, 3.05) is 96.7 Å². The van der Waals surface area contributed by atoms with E-state index < -0.39 is 0 Å². The fourth-order valence-corrected chi connectivity index (χ4v) is 6.31. The van der Waals surface area contributed by atoms with E-state index in [4.69, 9.17) is 17.0 Å². The number of ether oxygens (including phenoxy) is 1. The zero-order valence-corrected chi connectivity index (χ0v) is 21.2. The van der Waals surface area contributed by atoms with E-state index in [-0.39, 0.29) is 0 Å². The van der Waals surface area contributed by atoms with Crippen molar-refractivity contribution in [2.24, 2.45) is 11.8 Å². The zero-order valence-electron chi connectivity index (χ0n) is 20.4. The molecule has 0 aliphatic carbocycles. The highest BCUT2D eigenvalue weighted by atomic mass is 32.1. The van der Waals surface area contributed by atoms with Crippen molar-refractivity contribution in [3.63, 3.8) is 0 Å². The minimum atomic E-state index is 0.620. The highest BCUT2D eigenvalue weighted by Crippen LogP contribution is 2.36. The van der Waals surface area contributed by atoms with Gasteiger partial charge >= 0.3 is 0 Å². The average molecular weight is 488 g/mol. The number of thiocarbonyl (C=S) groups is 1. The largest absolute Gasteiger partial charge is 0.379 e. The Kier molecular flexibility index (Phi) is 8.50. The molecule has 0 aromatic carbocycles. The zero-order chi connectivity index (χ0) is 23.2. The Balaban J connectivity index is 0.993. The number of nitrogens with one attached hydrogen (secondary N) is 2. The minimum Gasteiger partial charge on any atom is -0.379 e. The number of aromatic nitrogens is 1. The van der Waals surface area contributed by atoms with E-state index >= 15 is 0 Å². The molecule has 5 aliphatic rings. The molecule has 2 bridgehead atoms. The van der Waals surface area contributed by atoms with E-state index in [1.807, 2.05) is 12.3 Å². The lowest BCUT2D eigenvalue weighted by molar-refractivity contribution is -0.0110. The molecule has 4 atom stereocenters. The molecule has 9 heteroatoms. The molecule has 0 spiro atoms. The molecule has 5 fully saturated rings. The maximum absolute atomic E-state index is 5.55. The highest BCUT2D eigenvalue weighted by Gasteiger charge is 2.40. The molecule has 0 amide bonds. The Labute approximate surface area is 210 Å². The Morgan fingerprint density at radius 1 is 1.03 bits per heavy atom. The Hall–Kier alpha value is -1.52. The van der Waals surface area contributed by atoms with Crippen LogP contribution in [0.1, 0.15) is 12.8 Å². The van der Waals surface area contributed by atoms with Crippen molar-refractivity contribution in [3.8, 4) is 0 Å². The van der Waals surface area contributed by atoms with Crippen molar-refractivity contribution in [3.05, 3.63) is 24.4 Å². The van der Waals surface area contributed by atoms with Gasteiger partial charge in [0.1, 0.15) is 5.82 Å². The second-order valence-electron chi connectivity index (χ2n) is 10.3. The SMILES string of the molecule is S=C(NCCN1CCOCC1)NC[C@H]1C[C@@H]2CCN1C[C@@H]2CN1CCN(c2ccccn2)CC1. The fraction of sp³-hybridized carbons (Fsp3) is 0.760. The molecule has 5 saturated heterocycles. The van der Waals surface area contributed by atoms with Gasteiger partial charge < -0.3 is 20.3 Å². The number of hydrogen-bond acceptors (Lipinski definition) is 7. The van der Waals surface area contributed by atoms with E-state index in [0.717, 1.165) is 94.9 Å². The lowest BCUT2D eigenvalue weighted by Crippen LogP contribution is -2.59. The number of hydrogen-bond donors (Lipinski definition) is 2. The number of nitrogens with zero attached hydrogens (tertiary/aromatic N) is 5. The van der Waals surface area contributed by atoms with Crippen molar-refractivity contribution in [2.45, 2.75) is 18.9 Å². The molecule has 0 saturated carbocycles. The normalized spacial score (nSPS) is 30.3. The van der Waals surface area contributed by atoms with Gasteiger partial charge in [-0.2, -0.15) is 0 Å². The molecule has 1 unspecified atom stereocenters. The third-order valence-corrected chi connectivity index (χ3v) is 8.46. The number of morpholine rings is 1. The first-order valence-electron chi connectivity index (χ1n) is 13.2. The molecule has 5 aliphatic heterocycles. The van der Waals surface area contributed by atoms with Crippen molar-refractivity contribution < 1.29 is 4.74 Å². The number of fused-ring (bicyclic) bond motifs is 3. The Morgan fingerprint density at radius 2 is 1.88 bits per heavy atom. The number of pyridine rings is 1. The van der Waals surface area contributed by atoms with Crippen molar-refractivity contribution in [1.82, 2.24) is 30.3 Å². The van der Waals surface area contributed by atoms with Crippen LogP contribution in [0, 0.1) is 11.8 Å². The van der Waals surface area contributed by atoms with E-state index in [9.17, 15) is 0 Å². The van der Waals surface area contributed by atoms with Gasteiger partial charge in [0, 0.05) is 84.2 Å². The summed E-state index contributed by atoms with van der Waals surface area (Å²) in [7, 11) is 0. The summed E-state index contributed by atoms with van der Waals surface area (Å²) in [5, 5.41) is 7.71. The van der Waals surface area contributed by atoms with Gasteiger partial charge in [0.2, 0.25) is 0 Å². The summed E-state index contributed by atoms with van der Waals surface area (Å²) in [6.45, 7) is 14.9. The Bertz CT molecular complexity index is 770. The van der Waals surface area contributed by atoms with E-state index in [1.165, 1.54) is 32.5 Å². The summed E-state index contributed by atoms with van der Waals surface area (Å²) in [5.74, 6) is 2.78. The van der Waals surface area contributed by atoms with Crippen LogP contribution in [-0.4, -0.2) is 123 Å². The first-order chi connectivity index (χ1) is 16.7. The van der Waals surface area contributed by atoms with Gasteiger partial charge in [-0.05, 0) is 55.6 Å². The Morgan fingerprint density at radius 3 is 2.62 bits per heavy atom. The van der Waals surface area contributed by atoms with E-state index in [2.05, 4.69) is 47.3 Å². The van der Waals surface area contributed by atoms with Gasteiger partial charge in [-0.25, -0.2) is 4.98 Å². The van der Waals surface area contributed by atoms with Gasteiger partial charge in [0.15, 0.2) is 5.11 Å². The monoisotopic (exact) mass is 487 g/mol. The molecule has 2 N–H and O–H groups in total. The summed E-state index contributed by atoms with van der Waals surface area (Å²) < 4.78 is 5.42. The smallest absolute Gasteiger partial charge is 0.166 e. The van der Waals surface area contributed by atoms with Crippen LogP contribution in [0.25, 0.3) is 0 Å². The molecule has 1 aromatic heterocycles. The van der Waals surface area contributed by atoms with Crippen LogP contribution in [0.3, 0.4) is 0 Å². The van der Waals surface area contributed by atoms with Crippen molar-refractivity contribution >= 4 is 23.1 Å². The molecule has 0 radical (unpaired) electrons. The third kappa shape index (κ3) is 6.37. The lowest BCUT2D eigenvalue weighted by atomic mass is 9.75. The van der Waals surface area contributed by atoms with Crippen LogP contribution in [0.4, 0.5) is 5.82 Å². The maximum Gasteiger partial charge on any atom is 0.166 e. The number of piperidine rings is 3. The van der Waals surface area contributed by atoms with Crippen LogP contribution in [0.5, 0.6) is 0 Å². The highest BCUT2D eigenvalue weighted by molar-refractivity contribution is 7.80. The maximum atomic E-state index is 5.55. The summed E-state index contributed by atoms with van der Waals surface area (Å²) in [6.07, 6.45) is 4.56. The van der Waals surface area contributed by atoms with Crippen molar-refractivity contribution in [1.29, 1.82) is 0 Å². The predicted octanol–water partition coefficient (Wildman–Crippen LogP) is 0.710. The van der Waals surface area contributed by atoms with Gasteiger partial charge in [0.25, 0.3) is 0 Å². The third-order valence-electron chi connectivity index (χ3n) is 8.17. The number of anilines is 1. The molecule has 8 nitrogen and oxygen atoms in total. The van der Waals surface area contributed by atoms with Gasteiger partial charge in [0.05, 0.1) is 13.2 Å². The minimum absolute atomic E-state index is 0.620. The second kappa shape index (κ2) is 11.9. The second-order valence-corrected chi connectivity index (χ2v) is 10.7. The molecule has 188 valence electrons. The summed E-state index contributed by atoms with van der Waals surface area (Å²) in [6, 6.07) is 6.83. The number of piperazine rings is 1. The van der Waals surface area contributed by atoms with Crippen LogP contribution in [-0.2, 0) is 4.74 Å². The standard InChI is InChI=1S/C25H41N7OS/c34-25(27-6-8-29-13-15-33-16-14-29)28-18-23-17-21-4-7-32(23)20-22(21)19-30-9-11-31(12-10-30)24-3-1-2-5-26-24/h1-3,5,21-23H,4,6-20H2,(H2,27,28,34)/t21-,22-,23+/m0/s1. The lowest BCUT2D eigenvalue weighted by Gasteiger charge is -2.51. The molecular weight excluding hydrogens is 446 g/mol. The molecular formula is C25H41N7OS. The van der Waals surface area contributed by atoms with Gasteiger partial charge in [-0.15, -0.1) is 0 Å². The quantitative estimate of drug-likeness (QED) is 0.516. The summed E-state index contributed by atoms with van der Waals surface area (Å²) in [4.78, 5) is 14.8. The molecule has 34 heavy (non-hydrogen) atoms. The molecule has 6 rings (SSSR count). The molecule has 1 aromatic rings. The van der Waals surface area contributed by atoms with Crippen LogP contribution >= 0.6 is 12.2 Å². The van der Waals surface area contributed by atoms with Crippen LogP contribution in [0.2, 0.25) is 0 Å². The molecule has 6 heterocycles. The summed E-state index contributed by atoms with van der Waals surface area (Å²) in [5.41, 5.74) is 0. The first-order valence-corrected chi connectivity index (χ1v) is 13.6. The van der Waals surface area contributed by atoms with E-state index in [0.29, 0.717) is 6.04 Å². The first kappa shape index (κ1) is 24.2.